The summed E-state index contributed by atoms with van der Waals surface area (Å²) in [6, 6.07) is 16.5. The lowest BCUT2D eigenvalue weighted by Crippen LogP contribution is -2.32. The van der Waals surface area contributed by atoms with E-state index >= 15 is 0 Å². The van der Waals surface area contributed by atoms with Crippen LogP contribution in [0.15, 0.2) is 54.7 Å². The Morgan fingerprint density at radius 1 is 1.08 bits per heavy atom. The van der Waals surface area contributed by atoms with E-state index in [4.69, 9.17) is 4.74 Å². The average molecular weight is 347 g/mol. The quantitative estimate of drug-likeness (QED) is 0.765. The van der Waals surface area contributed by atoms with E-state index in [0.717, 1.165) is 30.8 Å². The van der Waals surface area contributed by atoms with Gasteiger partial charge in [-0.3, -0.25) is 0 Å². The van der Waals surface area contributed by atoms with E-state index < -0.39 is 0 Å². The third kappa shape index (κ3) is 3.44. The van der Waals surface area contributed by atoms with Gasteiger partial charge in [0.25, 0.3) is 0 Å². The zero-order valence-corrected chi connectivity index (χ0v) is 14.7. The van der Waals surface area contributed by atoms with Crippen LogP contribution in [0.1, 0.15) is 16.7 Å². The van der Waals surface area contributed by atoms with Crippen LogP contribution in [0, 0.1) is 0 Å². The summed E-state index contributed by atoms with van der Waals surface area (Å²) in [5, 5.41) is 11.7. The molecule has 132 valence electrons. The van der Waals surface area contributed by atoms with Crippen molar-refractivity contribution >= 4 is 11.8 Å². The predicted octanol–water partition coefficient (Wildman–Crippen LogP) is 3.06. The number of anilines is 2. The van der Waals surface area contributed by atoms with Crippen molar-refractivity contribution < 1.29 is 4.74 Å². The predicted molar refractivity (Wildman–Crippen MR) is 101 cm³/mol. The highest BCUT2D eigenvalue weighted by Gasteiger charge is 2.18. The molecule has 1 aromatic heterocycles. The second-order valence-corrected chi connectivity index (χ2v) is 6.25. The van der Waals surface area contributed by atoms with Crippen molar-refractivity contribution in [1.82, 2.24) is 15.2 Å². The van der Waals surface area contributed by atoms with Crippen LogP contribution in [0.5, 0.6) is 5.75 Å². The molecule has 0 aliphatic carbocycles. The maximum atomic E-state index is 5.39. The lowest BCUT2D eigenvalue weighted by molar-refractivity contribution is 0.410. The molecule has 1 aliphatic heterocycles. The van der Waals surface area contributed by atoms with Crippen LogP contribution in [0.4, 0.5) is 11.8 Å². The first-order chi connectivity index (χ1) is 12.8. The standard InChI is InChI=1S/C20H21N5O/c1-26-18-9-5-4-7-16(18)12-21-19-13-22-24-20(23-19)25-11-10-15-6-2-3-8-17(15)14-25/h2-9,13H,10-12,14H2,1H3,(H,21,23,24). The molecule has 0 unspecified atom stereocenters. The first kappa shape index (κ1) is 16.3. The van der Waals surface area contributed by atoms with Gasteiger partial charge in [-0.1, -0.05) is 42.5 Å². The minimum atomic E-state index is 0.616. The highest BCUT2D eigenvalue weighted by Crippen LogP contribution is 2.22. The van der Waals surface area contributed by atoms with Crippen molar-refractivity contribution in [3.8, 4) is 5.75 Å². The van der Waals surface area contributed by atoms with Gasteiger partial charge in [-0.2, -0.15) is 10.1 Å². The molecule has 0 saturated carbocycles. The van der Waals surface area contributed by atoms with E-state index in [0.29, 0.717) is 18.3 Å². The molecule has 2 aromatic carbocycles. The van der Waals surface area contributed by atoms with Crippen molar-refractivity contribution in [2.75, 3.05) is 23.9 Å². The van der Waals surface area contributed by atoms with Gasteiger partial charge < -0.3 is 15.0 Å². The minimum Gasteiger partial charge on any atom is -0.496 e. The number of hydrogen-bond acceptors (Lipinski definition) is 6. The topological polar surface area (TPSA) is 63.2 Å². The fourth-order valence-electron chi connectivity index (χ4n) is 3.21. The third-order valence-corrected chi connectivity index (χ3v) is 4.61. The van der Waals surface area contributed by atoms with Gasteiger partial charge >= 0.3 is 0 Å². The number of aromatic nitrogens is 3. The van der Waals surface area contributed by atoms with Crippen molar-refractivity contribution in [1.29, 1.82) is 0 Å². The zero-order chi connectivity index (χ0) is 17.8. The van der Waals surface area contributed by atoms with E-state index in [-0.39, 0.29) is 0 Å². The highest BCUT2D eigenvalue weighted by atomic mass is 16.5. The monoisotopic (exact) mass is 347 g/mol. The van der Waals surface area contributed by atoms with Crippen LogP contribution < -0.4 is 15.0 Å². The molecule has 0 atom stereocenters. The molecule has 1 N–H and O–H groups in total. The third-order valence-electron chi connectivity index (χ3n) is 4.61. The number of rotatable bonds is 5. The molecule has 0 bridgehead atoms. The van der Waals surface area contributed by atoms with Gasteiger partial charge in [0.1, 0.15) is 5.75 Å². The summed E-state index contributed by atoms with van der Waals surface area (Å²) in [5.41, 5.74) is 3.80. The van der Waals surface area contributed by atoms with E-state index in [1.54, 1.807) is 13.3 Å². The molecule has 6 nitrogen and oxygen atoms in total. The molecule has 2 heterocycles. The lowest BCUT2D eigenvalue weighted by atomic mass is 10.0. The molecule has 0 saturated heterocycles. The summed E-state index contributed by atoms with van der Waals surface area (Å²) in [6.07, 6.45) is 2.65. The van der Waals surface area contributed by atoms with Gasteiger partial charge in [-0.05, 0) is 23.6 Å². The van der Waals surface area contributed by atoms with Gasteiger partial charge in [0, 0.05) is 25.2 Å². The van der Waals surface area contributed by atoms with E-state index in [1.807, 2.05) is 24.3 Å². The largest absolute Gasteiger partial charge is 0.496 e. The fourth-order valence-corrected chi connectivity index (χ4v) is 3.21. The number of methoxy groups -OCH3 is 1. The Labute approximate surface area is 152 Å². The number of benzene rings is 2. The maximum Gasteiger partial charge on any atom is 0.247 e. The molecule has 1 aliphatic rings. The van der Waals surface area contributed by atoms with Gasteiger partial charge in [-0.25, -0.2) is 0 Å². The molecule has 0 fully saturated rings. The summed E-state index contributed by atoms with van der Waals surface area (Å²) in [7, 11) is 1.68. The van der Waals surface area contributed by atoms with Crippen molar-refractivity contribution in [2.45, 2.75) is 19.5 Å². The molecular weight excluding hydrogens is 326 g/mol. The van der Waals surface area contributed by atoms with Gasteiger partial charge in [0.15, 0.2) is 5.82 Å². The normalized spacial score (nSPS) is 13.2. The van der Waals surface area contributed by atoms with Crippen molar-refractivity contribution in [3.63, 3.8) is 0 Å². The number of nitrogens with one attached hydrogen (secondary N) is 1. The van der Waals surface area contributed by atoms with E-state index in [1.165, 1.54) is 11.1 Å². The molecule has 3 aromatic rings. The Balaban J connectivity index is 1.47. The maximum absolute atomic E-state index is 5.39. The van der Waals surface area contributed by atoms with E-state index in [2.05, 4.69) is 49.7 Å². The summed E-state index contributed by atoms with van der Waals surface area (Å²) in [5.74, 6) is 2.22. The number of para-hydroxylation sites is 1. The van der Waals surface area contributed by atoms with E-state index in [9.17, 15) is 0 Å². The summed E-state index contributed by atoms with van der Waals surface area (Å²) in [4.78, 5) is 6.81. The minimum absolute atomic E-state index is 0.616. The average Bonchev–Trinajstić information content (AvgIpc) is 2.72. The second kappa shape index (κ2) is 7.39. The molecule has 6 heteroatoms. The van der Waals surface area contributed by atoms with Crippen LogP contribution in [0.3, 0.4) is 0 Å². The molecule has 0 spiro atoms. The Bertz CT molecular complexity index is 899. The van der Waals surface area contributed by atoms with Crippen molar-refractivity contribution in [2.24, 2.45) is 0 Å². The lowest BCUT2D eigenvalue weighted by Gasteiger charge is -2.28. The highest BCUT2D eigenvalue weighted by molar-refractivity contribution is 5.44. The summed E-state index contributed by atoms with van der Waals surface area (Å²) < 4.78 is 5.39. The van der Waals surface area contributed by atoms with Crippen LogP contribution in [0.25, 0.3) is 0 Å². The van der Waals surface area contributed by atoms with Crippen molar-refractivity contribution in [3.05, 3.63) is 71.4 Å². The van der Waals surface area contributed by atoms with Crippen LogP contribution in [-0.2, 0) is 19.5 Å². The summed E-state index contributed by atoms with van der Waals surface area (Å²) in [6.45, 7) is 2.33. The Hall–Kier alpha value is -3.15. The van der Waals surface area contributed by atoms with Crippen LogP contribution >= 0.6 is 0 Å². The molecule has 0 radical (unpaired) electrons. The number of fused-ring (bicyclic) bond motifs is 1. The second-order valence-electron chi connectivity index (χ2n) is 6.25. The van der Waals surface area contributed by atoms with Gasteiger partial charge in [0.05, 0.1) is 13.3 Å². The molecule has 0 amide bonds. The number of hydrogen-bond donors (Lipinski definition) is 1. The zero-order valence-electron chi connectivity index (χ0n) is 14.7. The molecular formula is C20H21N5O. The first-order valence-electron chi connectivity index (χ1n) is 8.71. The Morgan fingerprint density at radius 3 is 2.77 bits per heavy atom. The number of ether oxygens (including phenoxy) is 1. The molecule has 4 rings (SSSR count). The smallest absolute Gasteiger partial charge is 0.247 e. The van der Waals surface area contributed by atoms with Crippen LogP contribution in [0.2, 0.25) is 0 Å². The Kier molecular flexibility index (Phi) is 4.64. The van der Waals surface area contributed by atoms with Crippen LogP contribution in [-0.4, -0.2) is 28.8 Å². The fraction of sp³-hybridized carbons (Fsp3) is 0.250. The number of nitrogens with zero attached hydrogens (tertiary/aromatic N) is 4. The summed E-state index contributed by atoms with van der Waals surface area (Å²) >= 11 is 0. The molecule has 26 heavy (non-hydrogen) atoms. The Morgan fingerprint density at radius 2 is 1.88 bits per heavy atom. The first-order valence-corrected chi connectivity index (χ1v) is 8.71. The van der Waals surface area contributed by atoms with Gasteiger partial charge in [-0.15, -0.1) is 5.10 Å². The SMILES string of the molecule is COc1ccccc1CNc1cnnc(N2CCc3ccccc3C2)n1. The van der Waals surface area contributed by atoms with Gasteiger partial charge in [0.2, 0.25) is 5.95 Å².